The highest BCUT2D eigenvalue weighted by molar-refractivity contribution is 5.95. The minimum Gasteiger partial charge on any atom is -0.381 e. The Morgan fingerprint density at radius 1 is 1.29 bits per heavy atom. The third-order valence-corrected chi connectivity index (χ3v) is 3.54. The first-order valence-electron chi connectivity index (χ1n) is 6.27. The maximum atomic E-state index is 12.3. The van der Waals surface area contributed by atoms with Gasteiger partial charge in [0.2, 0.25) is 11.8 Å². The van der Waals surface area contributed by atoms with Crippen molar-refractivity contribution in [3.63, 3.8) is 0 Å². The van der Waals surface area contributed by atoms with Crippen LogP contribution in [0.2, 0.25) is 0 Å². The number of nitrogens with one attached hydrogen (secondary N) is 1. The Morgan fingerprint density at radius 2 is 1.94 bits per heavy atom. The molecule has 0 saturated carbocycles. The second-order valence-electron chi connectivity index (χ2n) is 5.05. The zero-order valence-electron chi connectivity index (χ0n) is 10.4. The Balaban J connectivity index is 2.09. The quantitative estimate of drug-likeness (QED) is 0.747. The smallest absolute Gasteiger partial charge is 0.246 e. The number of rotatable bonds is 2. The molecule has 0 radical (unpaired) electrons. The molecule has 0 spiro atoms. The third kappa shape index (κ3) is 2.60. The van der Waals surface area contributed by atoms with E-state index in [-0.39, 0.29) is 36.4 Å². The number of amides is 2. The number of carbonyl (C=O) groups excluding carboxylic acids is 2. The molecular weight excluding hydrogens is 220 g/mol. The van der Waals surface area contributed by atoms with Gasteiger partial charge >= 0.3 is 0 Å². The van der Waals surface area contributed by atoms with Crippen molar-refractivity contribution >= 4 is 11.8 Å². The summed E-state index contributed by atoms with van der Waals surface area (Å²) in [6.45, 7) is 5.45. The van der Waals surface area contributed by atoms with Gasteiger partial charge in [-0.3, -0.25) is 9.59 Å². The van der Waals surface area contributed by atoms with Crippen molar-refractivity contribution in [3.8, 4) is 0 Å². The first kappa shape index (κ1) is 12.4. The van der Waals surface area contributed by atoms with E-state index in [0.717, 1.165) is 12.8 Å². The standard InChI is InChI=1S/C12H20N2O3/c1-8(2)14-7-10(15)13-11(12(14)16)9-3-5-17-6-4-9/h8-9,11H,3-7H2,1-2H3,(H,13,15). The van der Waals surface area contributed by atoms with E-state index < -0.39 is 0 Å². The lowest BCUT2D eigenvalue weighted by Crippen LogP contribution is -2.62. The van der Waals surface area contributed by atoms with Crippen LogP contribution in [0.4, 0.5) is 0 Å². The van der Waals surface area contributed by atoms with Gasteiger partial charge in [-0.2, -0.15) is 0 Å². The van der Waals surface area contributed by atoms with Gasteiger partial charge in [-0.05, 0) is 32.6 Å². The van der Waals surface area contributed by atoms with Crippen LogP contribution < -0.4 is 5.32 Å². The van der Waals surface area contributed by atoms with E-state index in [4.69, 9.17) is 4.74 Å². The number of piperazine rings is 1. The SMILES string of the molecule is CC(C)N1CC(=O)NC(C2CCOCC2)C1=O. The first-order valence-corrected chi connectivity index (χ1v) is 6.27. The maximum Gasteiger partial charge on any atom is 0.246 e. The van der Waals surface area contributed by atoms with Crippen molar-refractivity contribution < 1.29 is 14.3 Å². The molecule has 2 saturated heterocycles. The number of carbonyl (C=O) groups is 2. The second-order valence-corrected chi connectivity index (χ2v) is 5.05. The first-order chi connectivity index (χ1) is 8.09. The summed E-state index contributed by atoms with van der Waals surface area (Å²) in [5.41, 5.74) is 0. The summed E-state index contributed by atoms with van der Waals surface area (Å²) in [5.74, 6) is 0.239. The van der Waals surface area contributed by atoms with Crippen molar-refractivity contribution in [3.05, 3.63) is 0 Å². The molecule has 2 aliphatic heterocycles. The van der Waals surface area contributed by atoms with Crippen molar-refractivity contribution in [2.45, 2.75) is 38.8 Å². The molecule has 2 heterocycles. The molecule has 1 atom stereocenters. The summed E-state index contributed by atoms with van der Waals surface area (Å²) in [5, 5.41) is 2.84. The van der Waals surface area contributed by atoms with Gasteiger partial charge in [0.15, 0.2) is 0 Å². The Morgan fingerprint density at radius 3 is 2.53 bits per heavy atom. The van der Waals surface area contributed by atoms with Crippen molar-refractivity contribution in [2.24, 2.45) is 5.92 Å². The lowest BCUT2D eigenvalue weighted by molar-refractivity contribution is -0.148. The van der Waals surface area contributed by atoms with E-state index in [0.29, 0.717) is 13.2 Å². The summed E-state index contributed by atoms with van der Waals surface area (Å²) in [6, 6.07) is -0.265. The largest absolute Gasteiger partial charge is 0.381 e. The molecule has 0 aromatic heterocycles. The van der Waals surface area contributed by atoms with E-state index in [9.17, 15) is 9.59 Å². The lowest BCUT2D eigenvalue weighted by atomic mass is 9.89. The van der Waals surface area contributed by atoms with E-state index in [1.54, 1.807) is 4.90 Å². The van der Waals surface area contributed by atoms with Gasteiger partial charge in [-0.1, -0.05) is 0 Å². The zero-order chi connectivity index (χ0) is 12.4. The van der Waals surface area contributed by atoms with Crippen LogP contribution in [0.5, 0.6) is 0 Å². The normalized spacial score (nSPS) is 27.5. The molecule has 0 aliphatic carbocycles. The Hall–Kier alpha value is -1.10. The molecule has 2 fully saturated rings. The highest BCUT2D eigenvalue weighted by atomic mass is 16.5. The van der Waals surface area contributed by atoms with Crippen molar-refractivity contribution in [1.82, 2.24) is 10.2 Å². The molecule has 17 heavy (non-hydrogen) atoms. The predicted octanol–water partition coefficient (Wildman–Crippen LogP) is 0.148. The van der Waals surface area contributed by atoms with Gasteiger partial charge in [0.05, 0.1) is 6.54 Å². The average Bonchev–Trinajstić information content (AvgIpc) is 2.32. The topological polar surface area (TPSA) is 58.6 Å². The second kappa shape index (κ2) is 5.04. The fraction of sp³-hybridized carbons (Fsp3) is 0.833. The summed E-state index contributed by atoms with van der Waals surface area (Å²) < 4.78 is 5.29. The van der Waals surface area contributed by atoms with Crippen LogP contribution in [0.25, 0.3) is 0 Å². The summed E-state index contributed by atoms with van der Waals surface area (Å²) >= 11 is 0. The van der Waals surface area contributed by atoms with E-state index in [1.807, 2.05) is 13.8 Å². The predicted molar refractivity (Wildman–Crippen MR) is 62.3 cm³/mol. The van der Waals surface area contributed by atoms with Crippen molar-refractivity contribution in [2.75, 3.05) is 19.8 Å². The molecule has 5 heteroatoms. The van der Waals surface area contributed by atoms with Crippen LogP contribution in [-0.4, -0.2) is 48.6 Å². The molecule has 0 aromatic carbocycles. The molecule has 1 N–H and O–H groups in total. The van der Waals surface area contributed by atoms with Crippen LogP contribution in [-0.2, 0) is 14.3 Å². The molecule has 2 rings (SSSR count). The minimum absolute atomic E-state index is 0.0465. The van der Waals surface area contributed by atoms with E-state index >= 15 is 0 Å². The molecule has 0 aromatic rings. The fourth-order valence-electron chi connectivity index (χ4n) is 2.50. The Labute approximate surface area is 101 Å². The van der Waals surface area contributed by atoms with Crippen LogP contribution in [0.3, 0.4) is 0 Å². The van der Waals surface area contributed by atoms with Crippen LogP contribution >= 0.6 is 0 Å². The Kier molecular flexibility index (Phi) is 3.66. The summed E-state index contributed by atoms with van der Waals surface area (Å²) in [7, 11) is 0. The van der Waals surface area contributed by atoms with Crippen molar-refractivity contribution in [1.29, 1.82) is 0 Å². The van der Waals surface area contributed by atoms with Crippen LogP contribution in [0.1, 0.15) is 26.7 Å². The molecule has 0 bridgehead atoms. The number of hydrogen-bond acceptors (Lipinski definition) is 3. The molecule has 5 nitrogen and oxygen atoms in total. The summed E-state index contributed by atoms with van der Waals surface area (Å²) in [4.78, 5) is 25.6. The summed E-state index contributed by atoms with van der Waals surface area (Å²) in [6.07, 6.45) is 1.70. The average molecular weight is 240 g/mol. The molecule has 2 amide bonds. The maximum absolute atomic E-state index is 12.3. The lowest BCUT2D eigenvalue weighted by Gasteiger charge is -2.39. The number of nitrogens with zero attached hydrogens (tertiary/aromatic N) is 1. The van der Waals surface area contributed by atoms with Gasteiger partial charge in [0.25, 0.3) is 0 Å². The monoisotopic (exact) mass is 240 g/mol. The molecule has 2 aliphatic rings. The highest BCUT2D eigenvalue weighted by Gasteiger charge is 2.39. The fourth-order valence-corrected chi connectivity index (χ4v) is 2.50. The molecule has 1 unspecified atom stereocenters. The van der Waals surface area contributed by atoms with Gasteiger partial charge in [-0.15, -0.1) is 0 Å². The van der Waals surface area contributed by atoms with Crippen LogP contribution in [0, 0.1) is 5.92 Å². The third-order valence-electron chi connectivity index (χ3n) is 3.54. The van der Waals surface area contributed by atoms with Gasteiger partial charge in [0.1, 0.15) is 6.04 Å². The van der Waals surface area contributed by atoms with Gasteiger partial charge in [0, 0.05) is 19.3 Å². The van der Waals surface area contributed by atoms with E-state index in [1.165, 1.54) is 0 Å². The zero-order valence-corrected chi connectivity index (χ0v) is 10.4. The van der Waals surface area contributed by atoms with Crippen LogP contribution in [0.15, 0.2) is 0 Å². The van der Waals surface area contributed by atoms with E-state index in [2.05, 4.69) is 5.32 Å². The van der Waals surface area contributed by atoms with Gasteiger partial charge < -0.3 is 15.0 Å². The number of ether oxygens (including phenoxy) is 1. The van der Waals surface area contributed by atoms with Gasteiger partial charge in [-0.25, -0.2) is 0 Å². The minimum atomic E-state index is -0.345. The molecular formula is C12H20N2O3. The highest BCUT2D eigenvalue weighted by Crippen LogP contribution is 2.22. The molecule has 96 valence electrons. The Bertz CT molecular complexity index is 311. The number of hydrogen-bond donors (Lipinski definition) is 1.